The van der Waals surface area contributed by atoms with Crippen molar-refractivity contribution in [3.8, 4) is 0 Å². The first-order chi connectivity index (χ1) is 18.5. The topological polar surface area (TPSA) is 76.0 Å². The Morgan fingerprint density at radius 1 is 0.763 bits per heavy atom. The van der Waals surface area contributed by atoms with E-state index in [1.165, 1.54) is 10.9 Å². The van der Waals surface area contributed by atoms with Crippen LogP contribution in [-0.4, -0.2) is 18.0 Å². The minimum atomic E-state index is -3.83. The minimum absolute atomic E-state index is 0.204. The maximum Gasteiger partial charge on any atom is 0.262 e. The summed E-state index contributed by atoms with van der Waals surface area (Å²) < 4.78 is 32.0. The largest absolute Gasteiger partial charge is 0.341 e. The van der Waals surface area contributed by atoms with Crippen LogP contribution in [0.15, 0.2) is 102 Å². The first-order valence-electron chi connectivity index (χ1n) is 12.8. The molecule has 0 aliphatic rings. The Bertz CT molecular complexity index is 1910. The molecule has 6 aromatic rings. The summed E-state index contributed by atoms with van der Waals surface area (Å²) in [6.07, 6.45) is 0.632. The van der Waals surface area contributed by atoms with Gasteiger partial charge in [0.25, 0.3) is 10.0 Å². The molecule has 0 bridgehead atoms. The number of para-hydroxylation sites is 2. The van der Waals surface area contributed by atoms with Crippen LogP contribution in [0.25, 0.3) is 32.7 Å². The number of nitrogens with one attached hydrogen (secondary N) is 2. The molecule has 6 nitrogen and oxygen atoms in total. The molecule has 38 heavy (non-hydrogen) atoms. The standard InChI is InChI=1S/C31H28N4O2S/c1-3-23-24-14-8-10-16-27(24)33-31(30(23)34-38(36,37)22-12-6-5-7-13-22)32-21-18-19-29-26(20-21)25-15-9-11-17-28(25)35(29)4-2/h5-20,34H,3-4H2,1-2H3,(H,32,33). The second kappa shape index (κ2) is 9.50. The van der Waals surface area contributed by atoms with E-state index in [1.807, 2.05) is 37.3 Å². The van der Waals surface area contributed by atoms with E-state index in [4.69, 9.17) is 4.98 Å². The SMILES string of the molecule is CCc1c(NS(=O)(=O)c2ccccc2)c(Nc2ccc3c(c2)c2ccccc2n3CC)nc2ccccc12. The van der Waals surface area contributed by atoms with Crippen molar-refractivity contribution in [2.45, 2.75) is 31.7 Å². The number of sulfonamides is 1. The predicted octanol–water partition coefficient (Wildman–Crippen LogP) is 7.47. The maximum absolute atomic E-state index is 13.4. The molecule has 0 fully saturated rings. The van der Waals surface area contributed by atoms with Crippen LogP contribution in [0.3, 0.4) is 0 Å². The van der Waals surface area contributed by atoms with Gasteiger partial charge in [-0.05, 0) is 61.4 Å². The minimum Gasteiger partial charge on any atom is -0.341 e. The third-order valence-electron chi connectivity index (χ3n) is 6.99. The summed E-state index contributed by atoms with van der Waals surface area (Å²) in [5, 5.41) is 6.69. The fraction of sp³-hybridized carbons (Fsp3) is 0.129. The van der Waals surface area contributed by atoms with E-state index in [9.17, 15) is 8.42 Å². The van der Waals surface area contributed by atoms with Crippen molar-refractivity contribution in [1.29, 1.82) is 0 Å². The molecule has 7 heteroatoms. The summed E-state index contributed by atoms with van der Waals surface area (Å²) in [6.45, 7) is 5.04. The van der Waals surface area contributed by atoms with Crippen LogP contribution in [0, 0.1) is 0 Å². The van der Waals surface area contributed by atoms with Gasteiger partial charge in [0.15, 0.2) is 5.82 Å². The zero-order valence-corrected chi connectivity index (χ0v) is 22.1. The van der Waals surface area contributed by atoms with Crippen molar-refractivity contribution >= 4 is 59.9 Å². The molecule has 0 spiro atoms. The highest BCUT2D eigenvalue weighted by Gasteiger charge is 2.21. The lowest BCUT2D eigenvalue weighted by atomic mass is 10.0. The fourth-order valence-electron chi connectivity index (χ4n) is 5.25. The molecule has 2 aromatic heterocycles. The van der Waals surface area contributed by atoms with E-state index in [1.54, 1.807) is 30.3 Å². The zero-order chi connectivity index (χ0) is 26.3. The first-order valence-corrected chi connectivity index (χ1v) is 14.3. The Balaban J connectivity index is 1.52. The van der Waals surface area contributed by atoms with Crippen LogP contribution in [0.4, 0.5) is 17.2 Å². The molecule has 0 aliphatic heterocycles. The number of benzene rings is 4. The summed E-state index contributed by atoms with van der Waals surface area (Å²) >= 11 is 0. The van der Waals surface area contributed by atoms with Gasteiger partial charge in [0.1, 0.15) is 0 Å². The van der Waals surface area contributed by atoms with Crippen molar-refractivity contribution in [2.24, 2.45) is 0 Å². The van der Waals surface area contributed by atoms with Gasteiger partial charge in [-0.1, -0.05) is 61.5 Å². The normalized spacial score (nSPS) is 11.8. The lowest BCUT2D eigenvalue weighted by Gasteiger charge is -2.19. The number of fused-ring (bicyclic) bond motifs is 4. The summed E-state index contributed by atoms with van der Waals surface area (Å²) in [4.78, 5) is 5.08. The van der Waals surface area contributed by atoms with Gasteiger partial charge in [-0.3, -0.25) is 4.72 Å². The number of hydrogen-bond acceptors (Lipinski definition) is 4. The highest BCUT2D eigenvalue weighted by Crippen LogP contribution is 2.37. The van der Waals surface area contributed by atoms with E-state index in [0.29, 0.717) is 17.9 Å². The molecule has 2 N–H and O–H groups in total. The Labute approximate surface area is 222 Å². The third kappa shape index (κ3) is 4.05. The molecule has 4 aromatic carbocycles. The second-order valence-electron chi connectivity index (χ2n) is 9.22. The monoisotopic (exact) mass is 520 g/mol. The highest BCUT2D eigenvalue weighted by atomic mass is 32.2. The summed E-state index contributed by atoms with van der Waals surface area (Å²) in [5.74, 6) is 0.471. The van der Waals surface area contributed by atoms with Crippen LogP contribution >= 0.6 is 0 Å². The van der Waals surface area contributed by atoms with E-state index < -0.39 is 10.0 Å². The van der Waals surface area contributed by atoms with Crippen molar-refractivity contribution in [3.63, 3.8) is 0 Å². The summed E-state index contributed by atoms with van der Waals surface area (Å²) in [7, 11) is -3.83. The lowest BCUT2D eigenvalue weighted by molar-refractivity contribution is 0.601. The molecule has 0 atom stereocenters. The number of anilines is 3. The van der Waals surface area contributed by atoms with Crippen LogP contribution in [0.1, 0.15) is 19.4 Å². The van der Waals surface area contributed by atoms with Gasteiger partial charge in [-0.15, -0.1) is 0 Å². The molecule has 0 radical (unpaired) electrons. The molecule has 0 saturated heterocycles. The molecular weight excluding hydrogens is 492 g/mol. The molecule has 190 valence electrons. The van der Waals surface area contributed by atoms with Gasteiger partial charge >= 0.3 is 0 Å². The fourth-order valence-corrected chi connectivity index (χ4v) is 6.37. The molecule has 0 unspecified atom stereocenters. The Hall–Kier alpha value is -4.36. The quantitative estimate of drug-likeness (QED) is 0.229. The van der Waals surface area contributed by atoms with Crippen molar-refractivity contribution < 1.29 is 8.42 Å². The number of rotatable bonds is 7. The highest BCUT2D eigenvalue weighted by molar-refractivity contribution is 7.92. The van der Waals surface area contributed by atoms with Gasteiger partial charge < -0.3 is 9.88 Å². The average Bonchev–Trinajstić information content (AvgIpc) is 3.26. The van der Waals surface area contributed by atoms with Crippen molar-refractivity contribution in [2.75, 3.05) is 10.0 Å². The Kier molecular flexibility index (Phi) is 6.00. The van der Waals surface area contributed by atoms with Gasteiger partial charge in [0.2, 0.25) is 0 Å². The predicted molar refractivity (Wildman–Crippen MR) is 157 cm³/mol. The number of aryl methyl sites for hydroxylation is 2. The van der Waals surface area contributed by atoms with Gasteiger partial charge in [-0.25, -0.2) is 13.4 Å². The number of aromatic nitrogens is 2. The third-order valence-corrected chi connectivity index (χ3v) is 8.36. The number of pyridine rings is 1. The number of nitrogens with zero attached hydrogens (tertiary/aromatic N) is 2. The summed E-state index contributed by atoms with van der Waals surface area (Å²) in [6, 6.07) is 30.9. The van der Waals surface area contributed by atoms with Crippen LogP contribution in [-0.2, 0) is 23.0 Å². The van der Waals surface area contributed by atoms with E-state index in [0.717, 1.165) is 39.6 Å². The van der Waals surface area contributed by atoms with Crippen molar-refractivity contribution in [1.82, 2.24) is 9.55 Å². The maximum atomic E-state index is 13.4. The zero-order valence-electron chi connectivity index (χ0n) is 21.3. The molecular formula is C31H28N4O2S. The molecule has 0 amide bonds. The molecule has 0 saturated carbocycles. The van der Waals surface area contributed by atoms with E-state index in [2.05, 4.69) is 57.9 Å². The van der Waals surface area contributed by atoms with Crippen molar-refractivity contribution in [3.05, 3.63) is 103 Å². The second-order valence-corrected chi connectivity index (χ2v) is 10.9. The lowest BCUT2D eigenvalue weighted by Crippen LogP contribution is -2.16. The number of hydrogen-bond donors (Lipinski definition) is 2. The molecule has 0 aliphatic carbocycles. The smallest absolute Gasteiger partial charge is 0.262 e. The molecule has 2 heterocycles. The molecule has 6 rings (SSSR count). The van der Waals surface area contributed by atoms with E-state index in [-0.39, 0.29) is 4.90 Å². The van der Waals surface area contributed by atoms with Crippen LogP contribution in [0.5, 0.6) is 0 Å². The Morgan fingerprint density at radius 2 is 1.45 bits per heavy atom. The first kappa shape index (κ1) is 24.0. The van der Waals surface area contributed by atoms with Gasteiger partial charge in [-0.2, -0.15) is 0 Å². The van der Waals surface area contributed by atoms with E-state index >= 15 is 0 Å². The Morgan fingerprint density at radius 3 is 2.21 bits per heavy atom. The average molecular weight is 521 g/mol. The van der Waals surface area contributed by atoms with Gasteiger partial charge in [0, 0.05) is 39.4 Å². The van der Waals surface area contributed by atoms with Gasteiger partial charge in [0.05, 0.1) is 16.1 Å². The summed E-state index contributed by atoms with van der Waals surface area (Å²) in [5.41, 5.74) is 5.34. The van der Waals surface area contributed by atoms with Crippen LogP contribution in [0.2, 0.25) is 0 Å². The van der Waals surface area contributed by atoms with Crippen LogP contribution < -0.4 is 10.0 Å².